The summed E-state index contributed by atoms with van der Waals surface area (Å²) in [6.45, 7) is 12.0. The van der Waals surface area contributed by atoms with Crippen molar-refractivity contribution in [2.75, 3.05) is 0 Å². The molecule has 0 bridgehead atoms. The highest BCUT2D eigenvalue weighted by Gasteiger charge is 2.06. The minimum absolute atomic E-state index is 0.222. The van der Waals surface area contributed by atoms with Crippen LogP contribution in [0, 0.1) is 13.8 Å². The van der Waals surface area contributed by atoms with Crippen LogP contribution < -0.4 is 4.74 Å². The number of nitrogens with zero attached hydrogens (tertiary/aromatic N) is 2. The van der Waals surface area contributed by atoms with E-state index in [2.05, 4.69) is 104 Å². The van der Waals surface area contributed by atoms with Crippen molar-refractivity contribution in [2.45, 2.75) is 47.1 Å². The molecule has 0 aliphatic rings. The average Bonchev–Trinajstić information content (AvgIpc) is 3.00. The van der Waals surface area contributed by atoms with Gasteiger partial charge in [-0.05, 0) is 55.2 Å². The molecule has 5 nitrogen and oxygen atoms in total. The Hall–Kier alpha value is -4.77. The summed E-state index contributed by atoms with van der Waals surface area (Å²) in [7, 11) is 0. The van der Waals surface area contributed by atoms with E-state index in [1.54, 1.807) is 6.92 Å². The number of aliphatic carboxylic acids is 1. The van der Waals surface area contributed by atoms with Gasteiger partial charge in [-0.3, -0.25) is 4.79 Å². The Kier molecular flexibility index (Phi) is 14.6. The number of carbonyl (C=O) groups is 1. The van der Waals surface area contributed by atoms with Crippen LogP contribution in [0.3, 0.4) is 0 Å². The smallest absolute Gasteiger partial charge is 0.303 e. The number of ether oxygens (including phenoxy) is 1. The van der Waals surface area contributed by atoms with Gasteiger partial charge in [-0.25, -0.2) is 0 Å². The van der Waals surface area contributed by atoms with E-state index >= 15 is 0 Å². The number of carboxylic acids is 1. The first-order valence-electron chi connectivity index (χ1n) is 13.7. The molecule has 0 unspecified atom stereocenters. The standard InChI is InChI=1S/C26H26N2O.C7H8.C3H6O2/c1-4-22(18-26(28-27-3)24-12-10-20(2)11-13-24)23-14-16-25(17-15-23)29-19-21-8-6-5-7-9-21;1-7-5-3-2-4-6-7;1-2-3(4)5/h5-18H,3-4,19H2,1-2H3;2-6H,1H3;2H2,1H3,(H,4,5)/b22-18+,28-26+;;. The van der Waals surface area contributed by atoms with E-state index in [4.69, 9.17) is 9.84 Å². The summed E-state index contributed by atoms with van der Waals surface area (Å²) in [6, 6.07) is 36.9. The van der Waals surface area contributed by atoms with E-state index in [1.165, 1.54) is 16.7 Å². The molecule has 41 heavy (non-hydrogen) atoms. The van der Waals surface area contributed by atoms with Crippen molar-refractivity contribution in [3.8, 4) is 5.75 Å². The molecular formula is C36H40N2O3. The first-order valence-corrected chi connectivity index (χ1v) is 13.7. The molecule has 5 heteroatoms. The number of aryl methyl sites for hydroxylation is 2. The lowest BCUT2D eigenvalue weighted by molar-refractivity contribution is -0.136. The molecule has 4 aromatic carbocycles. The minimum Gasteiger partial charge on any atom is -0.489 e. The number of benzene rings is 4. The van der Waals surface area contributed by atoms with Gasteiger partial charge in [-0.15, -0.1) is 0 Å². The molecule has 0 aliphatic carbocycles. The van der Waals surface area contributed by atoms with Gasteiger partial charge in [-0.2, -0.15) is 10.2 Å². The molecule has 0 radical (unpaired) electrons. The summed E-state index contributed by atoms with van der Waals surface area (Å²) in [4.78, 5) is 9.37. The maximum atomic E-state index is 9.37. The Morgan fingerprint density at radius 1 is 0.756 bits per heavy atom. The highest BCUT2D eigenvalue weighted by molar-refractivity contribution is 6.12. The van der Waals surface area contributed by atoms with Crippen LogP contribution in [0.15, 0.2) is 125 Å². The lowest BCUT2D eigenvalue weighted by Crippen LogP contribution is -1.99. The second-order valence-corrected chi connectivity index (χ2v) is 9.22. The van der Waals surface area contributed by atoms with E-state index in [9.17, 15) is 4.79 Å². The van der Waals surface area contributed by atoms with Crippen molar-refractivity contribution < 1.29 is 14.6 Å². The van der Waals surface area contributed by atoms with Gasteiger partial charge in [-0.1, -0.05) is 122 Å². The van der Waals surface area contributed by atoms with Crippen molar-refractivity contribution in [3.63, 3.8) is 0 Å². The van der Waals surface area contributed by atoms with Gasteiger partial charge in [0.05, 0.1) is 5.71 Å². The highest BCUT2D eigenvalue weighted by atomic mass is 16.5. The molecule has 0 aliphatic heterocycles. The van der Waals surface area contributed by atoms with E-state index in [1.807, 2.05) is 48.5 Å². The molecule has 0 fully saturated rings. The van der Waals surface area contributed by atoms with Gasteiger partial charge >= 0.3 is 5.97 Å². The van der Waals surface area contributed by atoms with Gasteiger partial charge in [0.1, 0.15) is 12.4 Å². The van der Waals surface area contributed by atoms with Crippen LogP contribution in [-0.4, -0.2) is 23.5 Å². The van der Waals surface area contributed by atoms with E-state index < -0.39 is 5.97 Å². The zero-order valence-corrected chi connectivity index (χ0v) is 24.5. The maximum absolute atomic E-state index is 9.37. The van der Waals surface area contributed by atoms with Crippen molar-refractivity contribution in [1.29, 1.82) is 0 Å². The normalized spacial score (nSPS) is 10.8. The molecule has 0 spiro atoms. The molecule has 4 rings (SSSR count). The number of rotatable bonds is 9. The van der Waals surface area contributed by atoms with Crippen LogP contribution in [0.2, 0.25) is 0 Å². The predicted octanol–water partition coefficient (Wildman–Crippen LogP) is 8.95. The third-order valence-electron chi connectivity index (χ3n) is 5.93. The van der Waals surface area contributed by atoms with Gasteiger partial charge in [0.25, 0.3) is 0 Å². The molecule has 0 saturated heterocycles. The largest absolute Gasteiger partial charge is 0.489 e. The van der Waals surface area contributed by atoms with Gasteiger partial charge in [0.2, 0.25) is 0 Å². The van der Waals surface area contributed by atoms with Crippen LogP contribution in [0.25, 0.3) is 5.57 Å². The average molecular weight is 549 g/mol. The van der Waals surface area contributed by atoms with Crippen molar-refractivity contribution in [1.82, 2.24) is 0 Å². The predicted molar refractivity (Wildman–Crippen MR) is 172 cm³/mol. The van der Waals surface area contributed by atoms with E-state index in [0.29, 0.717) is 6.61 Å². The van der Waals surface area contributed by atoms with Crippen LogP contribution in [0.1, 0.15) is 54.5 Å². The number of allylic oxidation sites excluding steroid dienone is 2. The quantitative estimate of drug-likeness (QED) is 0.168. The molecular weight excluding hydrogens is 508 g/mol. The first kappa shape index (κ1) is 32.4. The Morgan fingerprint density at radius 3 is 1.73 bits per heavy atom. The molecule has 1 N–H and O–H groups in total. The minimum atomic E-state index is -0.745. The third kappa shape index (κ3) is 12.8. The molecule has 0 heterocycles. The van der Waals surface area contributed by atoms with Crippen LogP contribution in [0.5, 0.6) is 5.75 Å². The lowest BCUT2D eigenvalue weighted by atomic mass is 9.99. The molecule has 0 aromatic heterocycles. The third-order valence-corrected chi connectivity index (χ3v) is 5.93. The maximum Gasteiger partial charge on any atom is 0.303 e. The zero-order valence-electron chi connectivity index (χ0n) is 24.5. The molecule has 0 saturated carbocycles. The van der Waals surface area contributed by atoms with Crippen LogP contribution >= 0.6 is 0 Å². The van der Waals surface area contributed by atoms with Crippen LogP contribution in [-0.2, 0) is 11.4 Å². The summed E-state index contributed by atoms with van der Waals surface area (Å²) >= 11 is 0. The number of hydrogen-bond acceptors (Lipinski definition) is 4. The van der Waals surface area contributed by atoms with Gasteiger partial charge in [0, 0.05) is 18.7 Å². The van der Waals surface area contributed by atoms with Crippen molar-refractivity contribution in [2.24, 2.45) is 10.2 Å². The fraction of sp³-hybridized carbons (Fsp3) is 0.194. The summed E-state index contributed by atoms with van der Waals surface area (Å²) in [6.07, 6.45) is 3.19. The van der Waals surface area contributed by atoms with E-state index in [-0.39, 0.29) is 6.42 Å². The summed E-state index contributed by atoms with van der Waals surface area (Å²) in [5, 5.41) is 15.7. The monoisotopic (exact) mass is 548 g/mol. The fourth-order valence-corrected chi connectivity index (χ4v) is 3.57. The van der Waals surface area contributed by atoms with E-state index in [0.717, 1.165) is 34.6 Å². The number of hydrogen-bond donors (Lipinski definition) is 1. The summed E-state index contributed by atoms with van der Waals surface area (Å²) in [5.74, 6) is 0.109. The fourth-order valence-electron chi connectivity index (χ4n) is 3.57. The zero-order chi connectivity index (χ0) is 29.9. The lowest BCUT2D eigenvalue weighted by Gasteiger charge is -2.10. The second kappa shape index (κ2) is 18.5. The topological polar surface area (TPSA) is 71.2 Å². The van der Waals surface area contributed by atoms with Gasteiger partial charge < -0.3 is 9.84 Å². The highest BCUT2D eigenvalue weighted by Crippen LogP contribution is 2.23. The van der Waals surface area contributed by atoms with Gasteiger partial charge in [0.15, 0.2) is 0 Å². The van der Waals surface area contributed by atoms with Crippen molar-refractivity contribution >= 4 is 24.0 Å². The molecule has 212 valence electrons. The second-order valence-electron chi connectivity index (χ2n) is 9.22. The number of carboxylic acid groups (broad SMARTS) is 1. The molecule has 0 atom stereocenters. The Bertz CT molecular complexity index is 1380. The Morgan fingerprint density at radius 2 is 1.27 bits per heavy atom. The van der Waals surface area contributed by atoms with Crippen molar-refractivity contribution in [3.05, 3.63) is 143 Å². The summed E-state index contributed by atoms with van der Waals surface area (Å²) < 4.78 is 5.89. The Balaban J connectivity index is 0.000000406. The molecule has 0 amide bonds. The summed E-state index contributed by atoms with van der Waals surface area (Å²) in [5.41, 5.74) is 7.85. The first-order chi connectivity index (χ1) is 19.9. The SMILES string of the molecule is C=N/N=C(\C=C(/CC)c1ccc(OCc2ccccc2)cc1)c1ccc(C)cc1.CCC(=O)O.Cc1ccccc1. The van der Waals surface area contributed by atoms with Crippen LogP contribution in [0.4, 0.5) is 0 Å². The Labute approximate surface area is 244 Å². The molecule has 4 aromatic rings.